The van der Waals surface area contributed by atoms with Crippen LogP contribution in [0, 0.1) is 3.57 Å². The number of carboxylic acids is 1. The Bertz CT molecular complexity index is 540. The number of amides is 1. The van der Waals surface area contributed by atoms with Crippen molar-refractivity contribution in [3.8, 4) is 5.75 Å². The number of halogens is 1. The van der Waals surface area contributed by atoms with Gasteiger partial charge in [0.1, 0.15) is 5.75 Å². The van der Waals surface area contributed by atoms with Gasteiger partial charge in [-0.05, 0) is 40.8 Å². The highest BCUT2D eigenvalue weighted by Crippen LogP contribution is 2.23. The summed E-state index contributed by atoms with van der Waals surface area (Å²) < 4.78 is 10.9. The van der Waals surface area contributed by atoms with Crippen LogP contribution in [0.25, 0.3) is 0 Å². The van der Waals surface area contributed by atoms with E-state index in [1.54, 1.807) is 25.3 Å². The van der Waals surface area contributed by atoms with E-state index in [4.69, 9.17) is 9.47 Å². The molecule has 1 amide bonds. The summed E-state index contributed by atoms with van der Waals surface area (Å²) in [5, 5.41) is 11.9. The van der Waals surface area contributed by atoms with Gasteiger partial charge < -0.3 is 19.9 Å². The first kappa shape index (κ1) is 15.0. The fourth-order valence-corrected chi connectivity index (χ4v) is 2.71. The number of benzene rings is 1. The van der Waals surface area contributed by atoms with E-state index < -0.39 is 17.4 Å². The average molecular weight is 391 g/mol. The predicted octanol–water partition coefficient (Wildman–Crippen LogP) is 1.27. The molecule has 1 aromatic rings. The Balaban J connectivity index is 2.21. The Kier molecular flexibility index (Phi) is 4.48. The lowest BCUT2D eigenvalue weighted by atomic mass is 9.98. The molecule has 1 atom stereocenters. The number of rotatable bonds is 4. The normalized spacial score (nSPS) is 21.5. The van der Waals surface area contributed by atoms with E-state index in [0.29, 0.717) is 21.5 Å². The minimum atomic E-state index is -1.33. The number of carbonyl (C=O) groups excluding carboxylic acids is 1. The van der Waals surface area contributed by atoms with Crippen LogP contribution < -0.4 is 10.1 Å². The van der Waals surface area contributed by atoms with Crippen LogP contribution in [0.4, 0.5) is 0 Å². The molecule has 0 saturated carbocycles. The maximum Gasteiger partial charge on any atom is 0.331 e. The van der Waals surface area contributed by atoms with E-state index in [-0.39, 0.29) is 13.0 Å². The van der Waals surface area contributed by atoms with E-state index in [1.807, 2.05) is 22.6 Å². The number of nitrogens with one attached hydrogen (secondary N) is 1. The molecule has 1 aliphatic rings. The maximum absolute atomic E-state index is 12.3. The highest BCUT2D eigenvalue weighted by atomic mass is 127. The average Bonchev–Trinajstić information content (AvgIpc) is 2.88. The van der Waals surface area contributed by atoms with E-state index in [2.05, 4.69) is 5.32 Å². The van der Waals surface area contributed by atoms with Crippen LogP contribution in [0.3, 0.4) is 0 Å². The highest BCUT2D eigenvalue weighted by Gasteiger charge is 2.44. The van der Waals surface area contributed by atoms with E-state index in [1.165, 1.54) is 0 Å². The van der Waals surface area contributed by atoms with Crippen molar-refractivity contribution in [2.45, 2.75) is 12.0 Å². The molecular formula is C13H14INO5. The molecule has 1 fully saturated rings. The van der Waals surface area contributed by atoms with E-state index >= 15 is 0 Å². The fraction of sp³-hybridized carbons (Fsp3) is 0.385. The summed E-state index contributed by atoms with van der Waals surface area (Å²) in [5.74, 6) is -0.861. The van der Waals surface area contributed by atoms with Crippen molar-refractivity contribution in [2.24, 2.45) is 0 Å². The zero-order valence-corrected chi connectivity index (χ0v) is 13.0. The maximum atomic E-state index is 12.3. The second kappa shape index (κ2) is 5.96. The molecule has 1 saturated heterocycles. The number of carbonyl (C=O) groups is 2. The van der Waals surface area contributed by atoms with Crippen LogP contribution >= 0.6 is 22.6 Å². The van der Waals surface area contributed by atoms with Gasteiger partial charge in [0.2, 0.25) is 0 Å². The lowest BCUT2D eigenvalue weighted by molar-refractivity contribution is -0.144. The Hall–Kier alpha value is -1.35. The second-order valence-electron chi connectivity index (χ2n) is 4.49. The van der Waals surface area contributed by atoms with Gasteiger partial charge in [-0.3, -0.25) is 4.79 Å². The minimum absolute atomic E-state index is 0.0131. The molecule has 2 N–H and O–H groups in total. The summed E-state index contributed by atoms with van der Waals surface area (Å²) in [4.78, 5) is 23.6. The predicted molar refractivity (Wildman–Crippen MR) is 79.0 cm³/mol. The van der Waals surface area contributed by atoms with Crippen molar-refractivity contribution in [3.05, 3.63) is 27.3 Å². The third-order valence-corrected chi connectivity index (χ3v) is 4.10. The van der Waals surface area contributed by atoms with Gasteiger partial charge in [0.25, 0.3) is 5.91 Å². The van der Waals surface area contributed by atoms with Gasteiger partial charge in [0, 0.05) is 16.6 Å². The van der Waals surface area contributed by atoms with Gasteiger partial charge in [-0.25, -0.2) is 4.79 Å². The van der Waals surface area contributed by atoms with Gasteiger partial charge in [0.05, 0.1) is 19.3 Å². The van der Waals surface area contributed by atoms with Crippen molar-refractivity contribution < 1.29 is 24.2 Å². The van der Waals surface area contributed by atoms with Crippen molar-refractivity contribution >= 4 is 34.5 Å². The van der Waals surface area contributed by atoms with Gasteiger partial charge in [-0.2, -0.15) is 0 Å². The monoisotopic (exact) mass is 391 g/mol. The van der Waals surface area contributed by atoms with Crippen LogP contribution in [0.1, 0.15) is 16.8 Å². The van der Waals surface area contributed by atoms with E-state index in [0.717, 1.165) is 0 Å². The molecule has 7 heteroatoms. The highest BCUT2D eigenvalue weighted by molar-refractivity contribution is 14.1. The molecule has 1 aliphatic heterocycles. The summed E-state index contributed by atoms with van der Waals surface area (Å²) in [6, 6.07) is 4.99. The summed E-state index contributed by atoms with van der Waals surface area (Å²) in [6.45, 7) is 0.313. The minimum Gasteiger partial charge on any atom is -0.497 e. The zero-order chi connectivity index (χ0) is 14.8. The molecule has 0 bridgehead atoms. The third kappa shape index (κ3) is 2.88. The fourth-order valence-electron chi connectivity index (χ4n) is 1.98. The summed E-state index contributed by atoms with van der Waals surface area (Å²) in [7, 11) is 1.54. The molecule has 1 heterocycles. The summed E-state index contributed by atoms with van der Waals surface area (Å²) >= 11 is 2.01. The Morgan fingerprint density at radius 2 is 2.25 bits per heavy atom. The van der Waals surface area contributed by atoms with Gasteiger partial charge in [0.15, 0.2) is 5.54 Å². The number of methoxy groups -OCH3 is 1. The number of hydrogen-bond acceptors (Lipinski definition) is 4. The van der Waals surface area contributed by atoms with Gasteiger partial charge >= 0.3 is 5.97 Å². The van der Waals surface area contributed by atoms with Crippen LogP contribution in [0.2, 0.25) is 0 Å². The lowest BCUT2D eigenvalue weighted by Gasteiger charge is -2.24. The lowest BCUT2D eigenvalue weighted by Crippen LogP contribution is -2.55. The van der Waals surface area contributed by atoms with Crippen LogP contribution in [-0.4, -0.2) is 42.8 Å². The Morgan fingerprint density at radius 3 is 2.75 bits per heavy atom. The molecular weight excluding hydrogens is 377 g/mol. The molecule has 2 rings (SSSR count). The largest absolute Gasteiger partial charge is 0.497 e. The topological polar surface area (TPSA) is 84.9 Å². The van der Waals surface area contributed by atoms with Crippen molar-refractivity contribution in [1.29, 1.82) is 0 Å². The number of hydrogen-bond donors (Lipinski definition) is 2. The van der Waals surface area contributed by atoms with Crippen molar-refractivity contribution in [2.75, 3.05) is 20.3 Å². The number of aliphatic carboxylic acids is 1. The molecule has 108 valence electrons. The second-order valence-corrected chi connectivity index (χ2v) is 5.65. The first-order valence-electron chi connectivity index (χ1n) is 5.96. The summed E-state index contributed by atoms with van der Waals surface area (Å²) in [6.07, 6.45) is 0.265. The summed E-state index contributed by atoms with van der Waals surface area (Å²) in [5.41, 5.74) is -0.918. The molecule has 20 heavy (non-hydrogen) atoms. The number of carboxylic acid groups (broad SMARTS) is 1. The molecule has 1 unspecified atom stereocenters. The zero-order valence-electron chi connectivity index (χ0n) is 10.8. The standard InChI is InChI=1S/C13H14INO5/c1-19-8-2-3-9(10(14)6-8)11(16)15-13(12(17)18)4-5-20-7-13/h2-3,6H,4-5,7H2,1H3,(H,15,16)(H,17,18). The van der Waals surface area contributed by atoms with Crippen molar-refractivity contribution in [1.82, 2.24) is 5.32 Å². The molecule has 0 aromatic heterocycles. The smallest absolute Gasteiger partial charge is 0.331 e. The quantitative estimate of drug-likeness (QED) is 0.756. The third-order valence-electron chi connectivity index (χ3n) is 3.20. The molecule has 0 spiro atoms. The first-order valence-corrected chi connectivity index (χ1v) is 7.03. The molecule has 0 aliphatic carbocycles. The van der Waals surface area contributed by atoms with Crippen LogP contribution in [0.5, 0.6) is 5.75 Å². The Labute approximate surface area is 129 Å². The first-order chi connectivity index (χ1) is 9.48. The van der Waals surface area contributed by atoms with Crippen LogP contribution in [0.15, 0.2) is 18.2 Å². The molecule has 6 nitrogen and oxygen atoms in total. The van der Waals surface area contributed by atoms with Crippen LogP contribution in [-0.2, 0) is 9.53 Å². The molecule has 1 aromatic carbocycles. The Morgan fingerprint density at radius 1 is 1.50 bits per heavy atom. The van der Waals surface area contributed by atoms with Gasteiger partial charge in [-0.15, -0.1) is 0 Å². The number of ether oxygens (including phenoxy) is 2. The van der Waals surface area contributed by atoms with Crippen molar-refractivity contribution in [3.63, 3.8) is 0 Å². The van der Waals surface area contributed by atoms with E-state index in [9.17, 15) is 14.7 Å². The molecule has 0 radical (unpaired) electrons. The van der Waals surface area contributed by atoms with Gasteiger partial charge in [-0.1, -0.05) is 0 Å². The SMILES string of the molecule is COc1ccc(C(=O)NC2(C(=O)O)CCOC2)c(I)c1.